The lowest BCUT2D eigenvalue weighted by Crippen LogP contribution is -2.30. The molecule has 0 aliphatic heterocycles. The van der Waals surface area contributed by atoms with Crippen LogP contribution in [-0.2, 0) is 20.7 Å². The predicted octanol–water partition coefficient (Wildman–Crippen LogP) is 4.64. The summed E-state index contributed by atoms with van der Waals surface area (Å²) in [5.41, 5.74) is 1.19. The molecule has 0 saturated heterocycles. The van der Waals surface area contributed by atoms with E-state index in [0.29, 0.717) is 28.8 Å². The van der Waals surface area contributed by atoms with Crippen LogP contribution in [0.5, 0.6) is 0 Å². The molecule has 0 spiro atoms. The van der Waals surface area contributed by atoms with Crippen molar-refractivity contribution in [3.05, 3.63) is 59.9 Å². The molecular formula is C19H18F3NO3S. The van der Waals surface area contributed by atoms with Crippen LogP contribution in [0.3, 0.4) is 0 Å². The smallest absolute Gasteiger partial charge is 0.306 e. The quantitative estimate of drug-likeness (QED) is 0.521. The minimum Gasteiger partial charge on any atom is -0.453 e. The number of hydrogen-bond acceptors (Lipinski definition) is 4. The normalized spacial score (nSPS) is 11.9. The highest BCUT2D eigenvalue weighted by molar-refractivity contribution is 7.99. The number of alkyl halides is 2. The molecule has 1 amide bonds. The van der Waals surface area contributed by atoms with Gasteiger partial charge in [0, 0.05) is 17.0 Å². The summed E-state index contributed by atoms with van der Waals surface area (Å²) in [5, 5.41) is 2.55. The lowest BCUT2D eigenvalue weighted by atomic mass is 10.1. The summed E-state index contributed by atoms with van der Waals surface area (Å²) >= 11 is 0.409. The van der Waals surface area contributed by atoms with E-state index in [0.717, 1.165) is 5.56 Å². The molecule has 0 radical (unpaired) electrons. The van der Waals surface area contributed by atoms with Crippen LogP contribution in [0.15, 0.2) is 53.4 Å². The number of amides is 1. The third kappa shape index (κ3) is 7.34. The lowest BCUT2D eigenvalue weighted by molar-refractivity contribution is -0.153. The van der Waals surface area contributed by atoms with Crippen LogP contribution in [0, 0.1) is 5.82 Å². The van der Waals surface area contributed by atoms with E-state index in [2.05, 4.69) is 5.32 Å². The maximum atomic E-state index is 12.8. The molecule has 0 aliphatic rings. The van der Waals surface area contributed by atoms with E-state index in [9.17, 15) is 22.8 Å². The van der Waals surface area contributed by atoms with Crippen molar-refractivity contribution in [3.8, 4) is 0 Å². The number of anilines is 1. The van der Waals surface area contributed by atoms with Gasteiger partial charge >= 0.3 is 5.97 Å². The second-order valence-corrected chi connectivity index (χ2v) is 6.71. The van der Waals surface area contributed by atoms with Gasteiger partial charge in [0.1, 0.15) is 5.82 Å². The van der Waals surface area contributed by atoms with Gasteiger partial charge in [-0.1, -0.05) is 23.9 Å². The molecule has 2 aromatic rings. The lowest BCUT2D eigenvalue weighted by Gasteiger charge is -2.14. The van der Waals surface area contributed by atoms with Crippen LogP contribution in [0.2, 0.25) is 0 Å². The first-order valence-electron chi connectivity index (χ1n) is 8.13. The number of thioether (sulfide) groups is 1. The first-order valence-corrected chi connectivity index (χ1v) is 9.01. The minimum absolute atomic E-state index is 0.0583. The third-order valence-electron chi connectivity index (χ3n) is 3.56. The van der Waals surface area contributed by atoms with E-state index >= 15 is 0 Å². The van der Waals surface area contributed by atoms with Gasteiger partial charge in [-0.3, -0.25) is 9.59 Å². The fourth-order valence-electron chi connectivity index (χ4n) is 2.17. The van der Waals surface area contributed by atoms with Gasteiger partial charge in [0.15, 0.2) is 6.10 Å². The van der Waals surface area contributed by atoms with Crippen LogP contribution < -0.4 is 5.32 Å². The fourth-order valence-corrected chi connectivity index (χ4v) is 2.67. The van der Waals surface area contributed by atoms with Crippen molar-refractivity contribution in [3.63, 3.8) is 0 Å². The summed E-state index contributed by atoms with van der Waals surface area (Å²) in [6.07, 6.45) is -0.583. The Labute approximate surface area is 159 Å². The summed E-state index contributed by atoms with van der Waals surface area (Å²) in [4.78, 5) is 24.3. The number of nitrogens with one attached hydrogen (secondary N) is 1. The third-order valence-corrected chi connectivity index (χ3v) is 4.28. The van der Waals surface area contributed by atoms with Crippen molar-refractivity contribution in [1.29, 1.82) is 0 Å². The maximum Gasteiger partial charge on any atom is 0.306 e. The summed E-state index contributed by atoms with van der Waals surface area (Å²) < 4.78 is 42.5. The summed E-state index contributed by atoms with van der Waals surface area (Å²) in [6.45, 7) is 1.44. The van der Waals surface area contributed by atoms with Gasteiger partial charge in [0.2, 0.25) is 0 Å². The molecule has 144 valence electrons. The molecule has 0 unspecified atom stereocenters. The zero-order valence-corrected chi connectivity index (χ0v) is 15.3. The van der Waals surface area contributed by atoms with Gasteiger partial charge in [-0.15, -0.1) is 0 Å². The Bertz CT molecular complexity index is 767. The second-order valence-electron chi connectivity index (χ2n) is 5.65. The highest BCUT2D eigenvalue weighted by Gasteiger charge is 2.18. The van der Waals surface area contributed by atoms with Gasteiger partial charge in [0.25, 0.3) is 11.7 Å². The van der Waals surface area contributed by atoms with Crippen LogP contribution >= 0.6 is 11.8 Å². The minimum atomic E-state index is -2.51. The van der Waals surface area contributed by atoms with E-state index in [1.807, 2.05) is 0 Å². The SMILES string of the molecule is C[C@@H](OC(=O)CCc1ccc(F)cc1)C(=O)Nc1ccc(SC(F)F)cc1. The number of carbonyl (C=O) groups excluding carboxylic acids is 2. The number of rotatable bonds is 8. The average Bonchev–Trinajstić information content (AvgIpc) is 2.62. The first kappa shape index (κ1) is 20.8. The van der Waals surface area contributed by atoms with Gasteiger partial charge in [-0.2, -0.15) is 8.78 Å². The number of ether oxygens (including phenoxy) is 1. The fraction of sp³-hybridized carbons (Fsp3) is 0.263. The molecule has 0 heterocycles. The standard InChI is InChI=1S/C19H18F3NO3S/c1-12(26-17(24)11-4-13-2-5-14(20)6-3-13)18(25)23-15-7-9-16(10-8-15)27-19(21)22/h2-3,5-10,12,19H,4,11H2,1H3,(H,23,25)/t12-/m1/s1. The highest BCUT2D eigenvalue weighted by atomic mass is 32.2. The van der Waals surface area contributed by atoms with Crippen molar-refractivity contribution >= 4 is 29.3 Å². The molecule has 27 heavy (non-hydrogen) atoms. The molecule has 2 aromatic carbocycles. The Balaban J connectivity index is 1.78. The van der Waals surface area contributed by atoms with Gasteiger partial charge in [0.05, 0.1) is 0 Å². The Morgan fingerprint density at radius 3 is 2.30 bits per heavy atom. The molecule has 0 aromatic heterocycles. The Morgan fingerprint density at radius 2 is 1.70 bits per heavy atom. The number of carbonyl (C=O) groups is 2. The van der Waals surface area contributed by atoms with E-state index in [4.69, 9.17) is 4.74 Å². The molecule has 0 fully saturated rings. The molecule has 1 N–H and O–H groups in total. The van der Waals surface area contributed by atoms with Gasteiger partial charge < -0.3 is 10.1 Å². The zero-order chi connectivity index (χ0) is 19.8. The van der Waals surface area contributed by atoms with Crippen molar-refractivity contribution < 1.29 is 27.5 Å². The Hall–Kier alpha value is -2.48. The van der Waals surface area contributed by atoms with Crippen molar-refractivity contribution in [2.75, 3.05) is 5.32 Å². The molecule has 8 heteroatoms. The van der Waals surface area contributed by atoms with Crippen LogP contribution in [0.1, 0.15) is 18.9 Å². The summed E-state index contributed by atoms with van der Waals surface area (Å²) in [6, 6.07) is 11.7. The highest BCUT2D eigenvalue weighted by Crippen LogP contribution is 2.26. The summed E-state index contributed by atoms with van der Waals surface area (Å²) in [5.74, 6) is -3.95. The molecule has 0 bridgehead atoms. The zero-order valence-electron chi connectivity index (χ0n) is 14.5. The number of aryl methyl sites for hydroxylation is 1. The van der Waals surface area contributed by atoms with Crippen LogP contribution in [0.4, 0.5) is 18.9 Å². The van der Waals surface area contributed by atoms with E-state index in [1.165, 1.54) is 43.3 Å². The van der Waals surface area contributed by atoms with Crippen molar-refractivity contribution in [2.24, 2.45) is 0 Å². The first-order chi connectivity index (χ1) is 12.8. The Kier molecular flexibility index (Phi) is 7.72. The average molecular weight is 397 g/mol. The van der Waals surface area contributed by atoms with Crippen molar-refractivity contribution in [1.82, 2.24) is 0 Å². The van der Waals surface area contributed by atoms with Gasteiger partial charge in [-0.25, -0.2) is 4.39 Å². The van der Waals surface area contributed by atoms with Crippen LogP contribution in [-0.4, -0.2) is 23.7 Å². The van der Waals surface area contributed by atoms with E-state index in [1.54, 1.807) is 12.1 Å². The van der Waals surface area contributed by atoms with E-state index < -0.39 is 23.7 Å². The molecular weight excluding hydrogens is 379 g/mol. The molecule has 2 rings (SSSR count). The number of hydrogen-bond donors (Lipinski definition) is 1. The maximum absolute atomic E-state index is 12.8. The molecule has 0 saturated carbocycles. The predicted molar refractivity (Wildman–Crippen MR) is 97.2 cm³/mol. The summed E-state index contributed by atoms with van der Waals surface area (Å²) in [7, 11) is 0. The number of halogens is 3. The van der Waals surface area contributed by atoms with Crippen molar-refractivity contribution in [2.45, 2.75) is 36.5 Å². The molecule has 4 nitrogen and oxygen atoms in total. The number of benzene rings is 2. The monoisotopic (exact) mass is 397 g/mol. The van der Waals surface area contributed by atoms with E-state index in [-0.39, 0.29) is 12.2 Å². The topological polar surface area (TPSA) is 55.4 Å². The van der Waals surface area contributed by atoms with Gasteiger partial charge in [-0.05, 0) is 55.3 Å². The van der Waals surface area contributed by atoms with Crippen LogP contribution in [0.25, 0.3) is 0 Å². The Morgan fingerprint density at radius 1 is 1.07 bits per heavy atom. The largest absolute Gasteiger partial charge is 0.453 e. The second kappa shape index (κ2) is 10.0. The number of esters is 1. The molecule has 1 atom stereocenters. The molecule has 0 aliphatic carbocycles.